The summed E-state index contributed by atoms with van der Waals surface area (Å²) in [5.41, 5.74) is 1.62. The van der Waals surface area contributed by atoms with Crippen molar-refractivity contribution in [2.45, 2.75) is 71.1 Å². The van der Waals surface area contributed by atoms with Crippen molar-refractivity contribution < 1.29 is 28.7 Å². The number of nitrogens with one attached hydrogen (secondary N) is 2. The Bertz CT molecular complexity index is 1190. The molecule has 2 atom stereocenters. The minimum Gasteiger partial charge on any atom is -0.467 e. The summed E-state index contributed by atoms with van der Waals surface area (Å²) in [5, 5.41) is 5.89. The molecule has 0 aliphatic carbocycles. The second kappa shape index (κ2) is 13.0. The van der Waals surface area contributed by atoms with E-state index >= 15 is 0 Å². The zero-order valence-corrected chi connectivity index (χ0v) is 23.8. The van der Waals surface area contributed by atoms with E-state index in [9.17, 15) is 19.2 Å². The maximum Gasteiger partial charge on any atom is 0.410 e. The van der Waals surface area contributed by atoms with Crippen molar-refractivity contribution in [2.75, 3.05) is 19.0 Å². The topological polar surface area (TPSA) is 114 Å². The lowest BCUT2D eigenvalue weighted by Crippen LogP contribution is -2.51. The van der Waals surface area contributed by atoms with E-state index in [0.717, 1.165) is 18.4 Å². The van der Waals surface area contributed by atoms with E-state index in [-0.39, 0.29) is 12.3 Å². The first-order chi connectivity index (χ1) is 18.4. The number of nitrogens with zero attached hydrogens (tertiary/aromatic N) is 1. The number of esters is 1. The van der Waals surface area contributed by atoms with E-state index in [4.69, 9.17) is 21.1 Å². The molecule has 0 saturated carbocycles. The van der Waals surface area contributed by atoms with E-state index < -0.39 is 35.7 Å². The van der Waals surface area contributed by atoms with E-state index in [0.29, 0.717) is 34.8 Å². The van der Waals surface area contributed by atoms with Crippen molar-refractivity contribution in [3.05, 3.63) is 64.2 Å². The summed E-state index contributed by atoms with van der Waals surface area (Å²) in [5.74, 6) is -1.35. The molecule has 0 radical (unpaired) electrons. The van der Waals surface area contributed by atoms with Crippen molar-refractivity contribution in [2.24, 2.45) is 0 Å². The van der Waals surface area contributed by atoms with Gasteiger partial charge in [0, 0.05) is 18.7 Å². The van der Waals surface area contributed by atoms with Crippen LogP contribution in [-0.4, -0.2) is 60.1 Å². The SMILES string of the molecule is COC(=O)[C@H](Cc1ccc(NC(=O)[C@@H]2CCCCN2C(=O)OC(C)(C)C)cc1)NC(=O)c1c(C)cccc1Cl. The van der Waals surface area contributed by atoms with Gasteiger partial charge in [0.05, 0.1) is 17.7 Å². The van der Waals surface area contributed by atoms with Gasteiger partial charge in [-0.2, -0.15) is 0 Å². The van der Waals surface area contributed by atoms with Gasteiger partial charge in [0.15, 0.2) is 0 Å². The third kappa shape index (κ3) is 8.20. The zero-order valence-electron chi connectivity index (χ0n) is 23.0. The number of aryl methyl sites for hydroxylation is 1. The second-order valence-electron chi connectivity index (χ2n) is 10.6. The number of piperidine rings is 1. The Balaban J connectivity index is 1.67. The van der Waals surface area contributed by atoms with Crippen LogP contribution >= 0.6 is 11.6 Å². The van der Waals surface area contributed by atoms with Crippen LogP contribution < -0.4 is 10.6 Å². The number of amides is 3. The second-order valence-corrected chi connectivity index (χ2v) is 11.0. The number of rotatable bonds is 7. The fraction of sp³-hybridized carbons (Fsp3) is 0.448. The van der Waals surface area contributed by atoms with Gasteiger partial charge in [-0.25, -0.2) is 9.59 Å². The van der Waals surface area contributed by atoms with Crippen LogP contribution in [0.2, 0.25) is 5.02 Å². The molecule has 210 valence electrons. The number of anilines is 1. The molecular formula is C29H36ClN3O6. The van der Waals surface area contributed by atoms with Gasteiger partial charge < -0.3 is 20.1 Å². The van der Waals surface area contributed by atoms with Gasteiger partial charge in [-0.05, 0) is 76.3 Å². The van der Waals surface area contributed by atoms with Crippen molar-refractivity contribution in [3.63, 3.8) is 0 Å². The van der Waals surface area contributed by atoms with Gasteiger partial charge in [0.1, 0.15) is 17.7 Å². The summed E-state index contributed by atoms with van der Waals surface area (Å²) in [6.07, 6.45) is 1.87. The van der Waals surface area contributed by atoms with Crippen LogP contribution in [0.4, 0.5) is 10.5 Å². The predicted molar refractivity (Wildman–Crippen MR) is 149 cm³/mol. The van der Waals surface area contributed by atoms with E-state index in [1.807, 2.05) is 0 Å². The molecule has 2 N–H and O–H groups in total. The summed E-state index contributed by atoms with van der Waals surface area (Å²) < 4.78 is 10.4. The molecule has 1 fully saturated rings. The number of benzene rings is 2. The quantitative estimate of drug-likeness (QED) is 0.468. The molecule has 0 unspecified atom stereocenters. The van der Waals surface area contributed by atoms with Gasteiger partial charge in [0.2, 0.25) is 5.91 Å². The highest BCUT2D eigenvalue weighted by atomic mass is 35.5. The fourth-order valence-electron chi connectivity index (χ4n) is 4.41. The summed E-state index contributed by atoms with van der Waals surface area (Å²) in [6, 6.07) is 10.5. The molecule has 1 aliphatic heterocycles. The van der Waals surface area contributed by atoms with Crippen LogP contribution in [0.25, 0.3) is 0 Å². The van der Waals surface area contributed by atoms with Crippen LogP contribution in [0.5, 0.6) is 0 Å². The number of methoxy groups -OCH3 is 1. The molecule has 39 heavy (non-hydrogen) atoms. The van der Waals surface area contributed by atoms with Crippen molar-refractivity contribution in [1.82, 2.24) is 10.2 Å². The number of carbonyl (C=O) groups is 4. The number of hydrogen-bond acceptors (Lipinski definition) is 6. The Morgan fingerprint density at radius 1 is 1.08 bits per heavy atom. The number of halogens is 1. The van der Waals surface area contributed by atoms with Crippen LogP contribution in [0.15, 0.2) is 42.5 Å². The van der Waals surface area contributed by atoms with Crippen molar-refractivity contribution in [1.29, 1.82) is 0 Å². The smallest absolute Gasteiger partial charge is 0.410 e. The number of likely N-dealkylation sites (tertiary alicyclic amines) is 1. The molecule has 2 aromatic carbocycles. The molecule has 1 saturated heterocycles. The monoisotopic (exact) mass is 557 g/mol. The molecule has 2 aromatic rings. The third-order valence-corrected chi connectivity index (χ3v) is 6.65. The van der Waals surface area contributed by atoms with E-state index in [1.165, 1.54) is 12.0 Å². The molecule has 0 bridgehead atoms. The molecule has 10 heteroatoms. The van der Waals surface area contributed by atoms with Crippen LogP contribution in [-0.2, 0) is 25.5 Å². The normalized spacial score (nSPS) is 16.2. The average molecular weight is 558 g/mol. The Morgan fingerprint density at radius 2 is 1.77 bits per heavy atom. The molecule has 3 rings (SSSR count). The maximum absolute atomic E-state index is 13.1. The Morgan fingerprint density at radius 3 is 2.38 bits per heavy atom. The van der Waals surface area contributed by atoms with Crippen LogP contribution in [0, 0.1) is 6.92 Å². The first-order valence-corrected chi connectivity index (χ1v) is 13.3. The molecule has 9 nitrogen and oxygen atoms in total. The average Bonchev–Trinajstić information content (AvgIpc) is 2.87. The number of hydrogen-bond donors (Lipinski definition) is 2. The first kappa shape index (κ1) is 30.0. The molecule has 0 spiro atoms. The van der Waals surface area contributed by atoms with Gasteiger partial charge in [-0.3, -0.25) is 14.5 Å². The minimum absolute atomic E-state index is 0.172. The highest BCUT2D eigenvalue weighted by Gasteiger charge is 2.35. The number of ether oxygens (including phenoxy) is 2. The van der Waals surface area contributed by atoms with Crippen molar-refractivity contribution >= 4 is 41.2 Å². The Labute approximate surface area is 234 Å². The first-order valence-electron chi connectivity index (χ1n) is 12.9. The summed E-state index contributed by atoms with van der Waals surface area (Å²) in [4.78, 5) is 52.6. The van der Waals surface area contributed by atoms with Crippen LogP contribution in [0.1, 0.15) is 61.5 Å². The van der Waals surface area contributed by atoms with Crippen LogP contribution in [0.3, 0.4) is 0 Å². The van der Waals surface area contributed by atoms with E-state index in [1.54, 1.807) is 70.2 Å². The highest BCUT2D eigenvalue weighted by molar-refractivity contribution is 6.34. The van der Waals surface area contributed by atoms with Gasteiger partial charge in [0.25, 0.3) is 5.91 Å². The highest BCUT2D eigenvalue weighted by Crippen LogP contribution is 2.23. The number of carbonyl (C=O) groups excluding carboxylic acids is 4. The summed E-state index contributed by atoms with van der Waals surface area (Å²) >= 11 is 6.21. The molecule has 1 heterocycles. The van der Waals surface area contributed by atoms with Gasteiger partial charge in [-0.1, -0.05) is 35.9 Å². The van der Waals surface area contributed by atoms with Gasteiger partial charge >= 0.3 is 12.1 Å². The lowest BCUT2D eigenvalue weighted by Gasteiger charge is -2.35. The Kier molecular flexibility index (Phi) is 9.97. The fourth-order valence-corrected chi connectivity index (χ4v) is 4.72. The maximum atomic E-state index is 13.1. The molecular weight excluding hydrogens is 522 g/mol. The zero-order chi connectivity index (χ0) is 28.7. The largest absolute Gasteiger partial charge is 0.467 e. The standard InChI is InChI=1S/C29H36ClN3O6/c1-18-9-8-10-21(30)24(18)26(35)32-22(27(36)38-5)17-19-12-14-20(15-13-19)31-25(34)23-11-6-7-16-33(23)28(37)39-29(2,3)4/h8-10,12-15,22-23H,6-7,11,16-17H2,1-5H3,(H,31,34)(H,32,35)/t22-,23-/m0/s1. The molecule has 1 aliphatic rings. The molecule has 3 amide bonds. The van der Waals surface area contributed by atoms with Gasteiger partial charge in [-0.15, -0.1) is 0 Å². The van der Waals surface area contributed by atoms with Crippen molar-refractivity contribution in [3.8, 4) is 0 Å². The third-order valence-electron chi connectivity index (χ3n) is 6.33. The Hall–Kier alpha value is -3.59. The molecule has 0 aromatic heterocycles. The summed E-state index contributed by atoms with van der Waals surface area (Å²) in [6.45, 7) is 7.60. The predicted octanol–water partition coefficient (Wildman–Crippen LogP) is 4.89. The van der Waals surface area contributed by atoms with E-state index in [2.05, 4.69) is 10.6 Å². The minimum atomic E-state index is -0.941. The summed E-state index contributed by atoms with van der Waals surface area (Å²) in [7, 11) is 1.26. The lowest BCUT2D eigenvalue weighted by molar-refractivity contribution is -0.142. The lowest BCUT2D eigenvalue weighted by atomic mass is 10.0.